The first-order chi connectivity index (χ1) is 15.9. The highest BCUT2D eigenvalue weighted by molar-refractivity contribution is 6.31. The van der Waals surface area contributed by atoms with Crippen molar-refractivity contribution in [1.29, 1.82) is 0 Å². The van der Waals surface area contributed by atoms with Crippen molar-refractivity contribution in [1.82, 2.24) is 5.43 Å². The van der Waals surface area contributed by atoms with Gasteiger partial charge < -0.3 is 19.6 Å². The van der Waals surface area contributed by atoms with Crippen LogP contribution in [0.3, 0.4) is 0 Å². The van der Waals surface area contributed by atoms with Crippen LogP contribution < -0.4 is 15.5 Å². The summed E-state index contributed by atoms with van der Waals surface area (Å²) in [5, 5.41) is 18.6. The summed E-state index contributed by atoms with van der Waals surface area (Å²) in [5.74, 6) is -0.742. The van der Waals surface area contributed by atoms with Gasteiger partial charge >= 0.3 is 0 Å². The van der Waals surface area contributed by atoms with Crippen LogP contribution in [0.15, 0.2) is 64.1 Å². The number of aromatic hydroxyl groups is 1. The maximum Gasteiger partial charge on any atom is 0.275 e. The minimum atomic E-state index is -0.647. The maximum absolute atomic E-state index is 12.6. The maximum atomic E-state index is 12.6. The lowest BCUT2D eigenvalue weighted by molar-refractivity contribution is -0.115. The van der Waals surface area contributed by atoms with Gasteiger partial charge in [-0.15, -0.1) is 0 Å². The van der Waals surface area contributed by atoms with Crippen LogP contribution in [0.5, 0.6) is 11.5 Å². The number of anilines is 1. The number of amides is 2. The largest absolute Gasteiger partial charge is 0.507 e. The van der Waals surface area contributed by atoms with Gasteiger partial charge in [-0.3, -0.25) is 9.59 Å². The van der Waals surface area contributed by atoms with Crippen LogP contribution in [0, 0.1) is 0 Å². The summed E-state index contributed by atoms with van der Waals surface area (Å²) in [6, 6.07) is 15.3. The van der Waals surface area contributed by atoms with Crippen LogP contribution in [0.25, 0.3) is 21.9 Å². The van der Waals surface area contributed by atoms with Gasteiger partial charge in [-0.05, 0) is 37.3 Å². The van der Waals surface area contributed by atoms with Crippen molar-refractivity contribution < 1.29 is 23.8 Å². The lowest BCUT2D eigenvalue weighted by Crippen LogP contribution is -2.21. The summed E-state index contributed by atoms with van der Waals surface area (Å²) in [6.45, 7) is 1.59. The summed E-state index contributed by atoms with van der Waals surface area (Å²) in [5.41, 5.74) is 4.45. The molecule has 0 bridgehead atoms. The predicted molar refractivity (Wildman–Crippen MR) is 127 cm³/mol. The number of hydrazone groups is 1. The second-order valence-corrected chi connectivity index (χ2v) is 7.76. The number of hydrogen-bond acceptors (Lipinski definition) is 6. The van der Waals surface area contributed by atoms with Crippen LogP contribution in [0.4, 0.5) is 5.69 Å². The number of methoxy groups -OCH3 is 1. The van der Waals surface area contributed by atoms with Crippen molar-refractivity contribution in [3.8, 4) is 11.5 Å². The van der Waals surface area contributed by atoms with Crippen molar-refractivity contribution in [3.05, 3.63) is 65.2 Å². The third-order valence-electron chi connectivity index (χ3n) is 4.94. The summed E-state index contributed by atoms with van der Waals surface area (Å²) in [4.78, 5) is 24.8. The highest BCUT2D eigenvalue weighted by Gasteiger charge is 2.15. The fourth-order valence-corrected chi connectivity index (χ4v) is 3.55. The minimum Gasteiger partial charge on any atom is -0.507 e. The number of phenolic OH excluding ortho intramolecular Hbond substituents is 1. The van der Waals surface area contributed by atoms with Crippen LogP contribution in [0.2, 0.25) is 5.02 Å². The number of benzene rings is 3. The zero-order valence-corrected chi connectivity index (χ0v) is 18.6. The summed E-state index contributed by atoms with van der Waals surface area (Å²) >= 11 is 5.86. The SMILES string of the molecule is COc1cc2c(cc1NC(=O)C/C(C)=N/NC(=O)c1cc(Cl)ccc1O)oc1ccccc12. The average Bonchev–Trinajstić information content (AvgIpc) is 3.15. The predicted octanol–water partition coefficient (Wildman–Crippen LogP) is 5.09. The van der Waals surface area contributed by atoms with Gasteiger partial charge in [0.2, 0.25) is 5.91 Å². The van der Waals surface area contributed by atoms with E-state index in [4.69, 9.17) is 20.8 Å². The standard InChI is InChI=1S/C24H20ClN3O5/c1-13(27-28-24(31)17-10-14(25)7-8-19(17)29)9-23(30)26-18-12-21-16(11-22(18)32-2)15-5-3-4-6-20(15)33-21/h3-8,10-12,29H,9H2,1-2H3,(H,26,30)(H,28,31)/b27-13+. The van der Waals surface area contributed by atoms with Crippen LogP contribution in [0.1, 0.15) is 23.7 Å². The second kappa shape index (κ2) is 9.22. The molecule has 0 spiro atoms. The molecule has 4 aromatic rings. The highest BCUT2D eigenvalue weighted by atomic mass is 35.5. The highest BCUT2D eigenvalue weighted by Crippen LogP contribution is 2.36. The Hall–Kier alpha value is -4.04. The lowest BCUT2D eigenvalue weighted by atomic mass is 10.1. The van der Waals surface area contributed by atoms with Crippen molar-refractivity contribution in [2.45, 2.75) is 13.3 Å². The molecule has 33 heavy (non-hydrogen) atoms. The number of hydrogen-bond donors (Lipinski definition) is 3. The first-order valence-corrected chi connectivity index (χ1v) is 10.3. The smallest absolute Gasteiger partial charge is 0.275 e. The monoisotopic (exact) mass is 465 g/mol. The first kappa shape index (κ1) is 22.2. The van der Waals surface area contributed by atoms with Crippen molar-refractivity contribution >= 4 is 56.8 Å². The Balaban J connectivity index is 1.47. The van der Waals surface area contributed by atoms with E-state index in [0.29, 0.717) is 27.8 Å². The number of halogens is 1. The molecule has 168 valence electrons. The van der Waals surface area contributed by atoms with Gasteiger partial charge in [0, 0.05) is 27.6 Å². The van der Waals surface area contributed by atoms with E-state index in [-0.39, 0.29) is 23.6 Å². The number of ether oxygens (including phenoxy) is 1. The molecule has 4 rings (SSSR count). The summed E-state index contributed by atoms with van der Waals surface area (Å²) in [6.07, 6.45) is -0.0802. The van der Waals surface area contributed by atoms with Crippen molar-refractivity contribution in [3.63, 3.8) is 0 Å². The zero-order valence-electron chi connectivity index (χ0n) is 17.8. The molecule has 0 saturated heterocycles. The topological polar surface area (TPSA) is 113 Å². The lowest BCUT2D eigenvalue weighted by Gasteiger charge is -2.10. The number of nitrogens with zero attached hydrogens (tertiary/aromatic N) is 1. The van der Waals surface area contributed by atoms with E-state index in [1.165, 1.54) is 25.3 Å². The summed E-state index contributed by atoms with van der Waals surface area (Å²) < 4.78 is 11.3. The fraction of sp³-hybridized carbons (Fsp3) is 0.125. The Morgan fingerprint density at radius 2 is 1.88 bits per heavy atom. The molecule has 0 unspecified atom stereocenters. The fourth-order valence-electron chi connectivity index (χ4n) is 3.38. The van der Waals surface area contributed by atoms with Gasteiger partial charge in [0.25, 0.3) is 5.91 Å². The van der Waals surface area contributed by atoms with Crippen molar-refractivity contribution in [2.24, 2.45) is 5.10 Å². The van der Waals surface area contributed by atoms with Gasteiger partial charge in [0.05, 0.1) is 24.8 Å². The van der Waals surface area contributed by atoms with Gasteiger partial charge in [0.1, 0.15) is 22.7 Å². The molecule has 1 aromatic heterocycles. The molecule has 0 aliphatic heterocycles. The zero-order chi connectivity index (χ0) is 23.5. The molecule has 3 N–H and O–H groups in total. The second-order valence-electron chi connectivity index (χ2n) is 7.32. The van der Waals surface area contributed by atoms with Crippen LogP contribution in [-0.2, 0) is 4.79 Å². The van der Waals surface area contributed by atoms with E-state index in [0.717, 1.165) is 16.4 Å². The number of carbonyl (C=O) groups is 2. The minimum absolute atomic E-state index is 0.0209. The molecule has 0 saturated carbocycles. The van der Waals surface area contributed by atoms with Crippen LogP contribution in [-0.4, -0.2) is 29.7 Å². The molecule has 2 amide bonds. The Morgan fingerprint density at radius 1 is 1.09 bits per heavy atom. The molecule has 3 aromatic carbocycles. The molecule has 0 aliphatic rings. The number of para-hydroxylation sites is 1. The van der Waals surface area contributed by atoms with Gasteiger partial charge in [-0.1, -0.05) is 29.8 Å². The molecule has 0 radical (unpaired) electrons. The third-order valence-corrected chi connectivity index (χ3v) is 5.18. The van der Waals surface area contributed by atoms with Crippen LogP contribution >= 0.6 is 11.6 Å². The number of nitrogens with one attached hydrogen (secondary N) is 2. The molecule has 9 heteroatoms. The molecular formula is C24H20ClN3O5. The Kier molecular flexibility index (Phi) is 6.19. The van der Waals surface area contributed by atoms with E-state index >= 15 is 0 Å². The van der Waals surface area contributed by atoms with E-state index < -0.39 is 5.91 Å². The van der Waals surface area contributed by atoms with Gasteiger partial charge in [-0.2, -0.15) is 5.10 Å². The van der Waals surface area contributed by atoms with Gasteiger partial charge in [0.15, 0.2) is 0 Å². The van der Waals surface area contributed by atoms with Gasteiger partial charge in [-0.25, -0.2) is 5.43 Å². The molecule has 1 heterocycles. The number of furan rings is 1. The van der Waals surface area contributed by atoms with E-state index in [1.54, 1.807) is 13.0 Å². The number of rotatable bonds is 6. The number of fused-ring (bicyclic) bond motifs is 3. The average molecular weight is 466 g/mol. The van der Waals surface area contributed by atoms with E-state index in [1.807, 2.05) is 30.3 Å². The van der Waals surface area contributed by atoms with E-state index in [2.05, 4.69) is 15.8 Å². The van der Waals surface area contributed by atoms with Crippen molar-refractivity contribution in [2.75, 3.05) is 12.4 Å². The molecule has 8 nitrogen and oxygen atoms in total. The molecule has 0 fully saturated rings. The Labute approximate surface area is 193 Å². The Bertz CT molecular complexity index is 1410. The summed E-state index contributed by atoms with van der Waals surface area (Å²) in [7, 11) is 1.52. The Morgan fingerprint density at radius 3 is 2.67 bits per heavy atom. The molecule has 0 atom stereocenters. The van der Waals surface area contributed by atoms with E-state index in [9.17, 15) is 14.7 Å². The third kappa shape index (κ3) is 4.75. The normalized spacial score (nSPS) is 11.5. The first-order valence-electron chi connectivity index (χ1n) is 9.97. The molecule has 0 aliphatic carbocycles. The number of phenols is 1. The quantitative estimate of drug-likeness (QED) is 0.271. The molecular weight excluding hydrogens is 446 g/mol. The number of carbonyl (C=O) groups excluding carboxylic acids is 2.